The number of aryl methyl sites for hydroxylation is 3. The molecule has 249 valence electrons. The topological polar surface area (TPSA) is 51.8 Å². The minimum absolute atomic E-state index is 0. The number of furan rings is 1. The van der Waals surface area contributed by atoms with Gasteiger partial charge in [-0.05, 0) is 65.0 Å². The Hall–Kier alpha value is -5.74. The molecule has 0 bridgehead atoms. The molecule has 0 amide bonds. The molecule has 9 rings (SSSR count). The molecule has 0 unspecified atom stereocenters. The van der Waals surface area contributed by atoms with Crippen LogP contribution in [0.5, 0.6) is 0 Å². The molecule has 0 aliphatic heterocycles. The average molecular weight is 836 g/mol. The van der Waals surface area contributed by atoms with Crippen LogP contribution < -0.4 is 0 Å². The summed E-state index contributed by atoms with van der Waals surface area (Å²) in [6.45, 7) is 6.24. The Morgan fingerprint density at radius 3 is 2.22 bits per heavy atom. The summed E-state index contributed by atoms with van der Waals surface area (Å²) in [5.74, 6) is 0. The largest absolute Gasteiger partial charge is 0.500 e. The van der Waals surface area contributed by atoms with E-state index < -0.39 is 0 Å². The molecule has 4 heterocycles. The second kappa shape index (κ2) is 14.6. The zero-order chi connectivity index (χ0) is 34.0. The number of benzene rings is 5. The van der Waals surface area contributed by atoms with Crippen LogP contribution in [0.25, 0.3) is 77.5 Å². The van der Waals surface area contributed by atoms with Gasteiger partial charge in [0.25, 0.3) is 0 Å². The van der Waals surface area contributed by atoms with E-state index in [0.29, 0.717) is 0 Å². The maximum Gasteiger partial charge on any atom is 0.128 e. The second-order valence-corrected chi connectivity index (χ2v) is 12.5. The molecule has 0 spiro atoms. The summed E-state index contributed by atoms with van der Waals surface area (Å²) in [4.78, 5) is 13.5. The van der Waals surface area contributed by atoms with Gasteiger partial charge in [-0.1, -0.05) is 102 Å². The van der Waals surface area contributed by atoms with Crippen LogP contribution in [0.15, 0.2) is 151 Å². The summed E-state index contributed by atoms with van der Waals surface area (Å²) in [7, 11) is 0. The van der Waals surface area contributed by atoms with E-state index in [-0.39, 0.29) is 20.1 Å². The molecule has 0 saturated heterocycles. The average Bonchev–Trinajstić information content (AvgIpc) is 3.56. The van der Waals surface area contributed by atoms with Gasteiger partial charge in [0.05, 0.1) is 5.58 Å². The molecule has 0 N–H and O–H groups in total. The van der Waals surface area contributed by atoms with Crippen LogP contribution in [-0.2, 0) is 20.1 Å². The number of nitrogens with zero attached hydrogens (tertiary/aromatic N) is 3. The summed E-state index contributed by atoms with van der Waals surface area (Å²) in [5, 5.41) is 4.39. The molecule has 0 atom stereocenters. The Bertz CT molecular complexity index is 2620. The Morgan fingerprint density at radius 2 is 1.39 bits per heavy atom. The Morgan fingerprint density at radius 1 is 0.569 bits per heavy atom. The van der Waals surface area contributed by atoms with E-state index in [1.54, 1.807) is 0 Å². The minimum Gasteiger partial charge on any atom is -0.500 e. The first-order chi connectivity index (χ1) is 24.5. The number of fused-ring (bicyclic) bond motifs is 4. The van der Waals surface area contributed by atoms with Crippen LogP contribution in [0.3, 0.4) is 0 Å². The third kappa shape index (κ3) is 6.74. The Labute approximate surface area is 311 Å². The van der Waals surface area contributed by atoms with Crippen molar-refractivity contribution in [1.82, 2.24) is 15.0 Å². The number of aromatic nitrogens is 3. The van der Waals surface area contributed by atoms with E-state index >= 15 is 0 Å². The van der Waals surface area contributed by atoms with Gasteiger partial charge in [-0.2, -0.15) is 0 Å². The standard InChI is InChI=1S/C32H19N2O.C14H14N.Ir/c1-2-7-21(8-3-1)23-16-18-34-30(19-23)28-14-6-13-27-26-12-5-11-25(31(26)35-32(27)28)24-10-4-9-22-15-17-33-20-29(22)24;1-10-4-6-13(7-5-10)14-8-11(2)12(3)9-15-14;/h1-13,15-20H;4-6,8-9H,1-3H3;/q2*-1;. The summed E-state index contributed by atoms with van der Waals surface area (Å²) in [6.07, 6.45) is 7.51. The van der Waals surface area contributed by atoms with Crippen LogP contribution in [0, 0.1) is 32.9 Å². The van der Waals surface area contributed by atoms with Crippen molar-refractivity contribution >= 4 is 32.7 Å². The van der Waals surface area contributed by atoms with Crippen molar-refractivity contribution in [3.8, 4) is 44.8 Å². The van der Waals surface area contributed by atoms with E-state index in [0.717, 1.165) is 77.5 Å². The SMILES string of the molecule is Cc1c[c-]c(-c2cc(C)c(C)cn2)cc1.[Ir].[c-]1ccc2c(oc3c(-c4cccc5ccncc45)cccc32)c1-c1cc(-c2ccccc2)ccn1. The molecule has 5 heteroatoms. The second-order valence-electron chi connectivity index (χ2n) is 12.5. The quantitative estimate of drug-likeness (QED) is 0.166. The van der Waals surface area contributed by atoms with Gasteiger partial charge >= 0.3 is 0 Å². The zero-order valence-electron chi connectivity index (χ0n) is 28.4. The van der Waals surface area contributed by atoms with Gasteiger partial charge in [0.2, 0.25) is 0 Å². The van der Waals surface area contributed by atoms with Gasteiger partial charge in [-0.3, -0.25) is 4.98 Å². The third-order valence-electron chi connectivity index (χ3n) is 9.17. The number of pyridine rings is 3. The van der Waals surface area contributed by atoms with Gasteiger partial charge in [0.15, 0.2) is 0 Å². The van der Waals surface area contributed by atoms with Gasteiger partial charge in [0, 0.05) is 61.2 Å². The van der Waals surface area contributed by atoms with Crippen molar-refractivity contribution in [2.45, 2.75) is 20.8 Å². The number of rotatable bonds is 4. The fourth-order valence-electron chi connectivity index (χ4n) is 6.33. The van der Waals surface area contributed by atoms with E-state index in [4.69, 9.17) is 4.42 Å². The molecular weight excluding hydrogens is 803 g/mol. The summed E-state index contributed by atoms with van der Waals surface area (Å²) < 4.78 is 6.63. The van der Waals surface area contributed by atoms with Gasteiger partial charge in [-0.15, -0.1) is 53.6 Å². The Balaban J connectivity index is 0.000000214. The van der Waals surface area contributed by atoms with Crippen molar-refractivity contribution in [2.24, 2.45) is 0 Å². The van der Waals surface area contributed by atoms with Crippen LogP contribution >= 0.6 is 0 Å². The molecule has 9 aromatic rings. The summed E-state index contributed by atoms with van der Waals surface area (Å²) in [5.41, 5.74) is 13.6. The van der Waals surface area contributed by atoms with Crippen LogP contribution in [-0.4, -0.2) is 15.0 Å². The Kier molecular flexibility index (Phi) is 9.67. The van der Waals surface area contributed by atoms with Crippen LogP contribution in [0.1, 0.15) is 16.7 Å². The molecule has 0 saturated carbocycles. The normalized spacial score (nSPS) is 10.9. The predicted molar refractivity (Wildman–Crippen MR) is 205 cm³/mol. The van der Waals surface area contributed by atoms with E-state index in [1.165, 1.54) is 16.7 Å². The molecule has 0 fully saturated rings. The maximum absolute atomic E-state index is 6.63. The fraction of sp³-hybridized carbons (Fsp3) is 0.0652. The van der Waals surface area contributed by atoms with Crippen molar-refractivity contribution < 1.29 is 24.5 Å². The molecular formula is C46H33IrN3O-2. The zero-order valence-corrected chi connectivity index (χ0v) is 30.8. The van der Waals surface area contributed by atoms with Crippen molar-refractivity contribution in [3.05, 3.63) is 175 Å². The van der Waals surface area contributed by atoms with E-state index in [2.05, 4.69) is 127 Å². The summed E-state index contributed by atoms with van der Waals surface area (Å²) in [6, 6.07) is 48.0. The summed E-state index contributed by atoms with van der Waals surface area (Å²) >= 11 is 0. The molecule has 5 aromatic carbocycles. The molecule has 0 aliphatic rings. The van der Waals surface area contributed by atoms with Gasteiger partial charge in [-0.25, -0.2) is 0 Å². The number of para-hydroxylation sites is 1. The monoisotopic (exact) mass is 836 g/mol. The first-order valence-corrected chi connectivity index (χ1v) is 16.7. The molecule has 4 nitrogen and oxygen atoms in total. The number of hydrogen-bond donors (Lipinski definition) is 0. The van der Waals surface area contributed by atoms with Crippen molar-refractivity contribution in [1.29, 1.82) is 0 Å². The van der Waals surface area contributed by atoms with Crippen molar-refractivity contribution in [2.75, 3.05) is 0 Å². The molecule has 0 aliphatic carbocycles. The first-order valence-electron chi connectivity index (χ1n) is 16.7. The van der Waals surface area contributed by atoms with E-state index in [1.807, 2.05) is 67.3 Å². The maximum atomic E-state index is 6.63. The fourth-order valence-corrected chi connectivity index (χ4v) is 6.33. The van der Waals surface area contributed by atoms with E-state index in [9.17, 15) is 0 Å². The van der Waals surface area contributed by atoms with Crippen LogP contribution in [0.2, 0.25) is 0 Å². The van der Waals surface area contributed by atoms with Crippen molar-refractivity contribution in [3.63, 3.8) is 0 Å². The number of hydrogen-bond acceptors (Lipinski definition) is 4. The smallest absolute Gasteiger partial charge is 0.128 e. The van der Waals surface area contributed by atoms with Crippen LogP contribution in [0.4, 0.5) is 0 Å². The predicted octanol–water partition coefficient (Wildman–Crippen LogP) is 11.8. The third-order valence-corrected chi connectivity index (χ3v) is 9.17. The molecule has 4 aromatic heterocycles. The molecule has 1 radical (unpaired) electrons. The van der Waals surface area contributed by atoms with Gasteiger partial charge < -0.3 is 14.4 Å². The minimum atomic E-state index is 0. The molecule has 51 heavy (non-hydrogen) atoms. The van der Waals surface area contributed by atoms with Gasteiger partial charge in [0.1, 0.15) is 5.58 Å². The first kappa shape index (κ1) is 33.7.